The number of hydrogen-bond acceptors (Lipinski definition) is 4. The molecule has 2 aromatic heterocycles. The lowest BCUT2D eigenvalue weighted by Gasteiger charge is -2.33. The van der Waals surface area contributed by atoms with E-state index in [0.717, 1.165) is 37.5 Å². The molecule has 112 valence electrons. The number of likely N-dealkylation sites (N-methyl/N-ethyl adjacent to an activating group) is 1. The van der Waals surface area contributed by atoms with Crippen molar-refractivity contribution in [3.05, 3.63) is 46.5 Å². The van der Waals surface area contributed by atoms with Gasteiger partial charge in [0.05, 0.1) is 5.69 Å². The van der Waals surface area contributed by atoms with Crippen LogP contribution in [-0.4, -0.2) is 40.0 Å². The molecule has 3 rings (SSSR count). The molecule has 1 N–H and O–H groups in total. The fraction of sp³-hybridized carbons (Fsp3) is 0.500. The first-order chi connectivity index (χ1) is 10.3. The lowest BCUT2D eigenvalue weighted by molar-refractivity contribution is 0.164. The van der Waals surface area contributed by atoms with E-state index in [9.17, 15) is 4.79 Å². The van der Waals surface area contributed by atoms with E-state index in [4.69, 9.17) is 0 Å². The Balaban J connectivity index is 1.84. The fourth-order valence-corrected chi connectivity index (χ4v) is 3.04. The van der Waals surface area contributed by atoms with Crippen molar-refractivity contribution in [2.75, 3.05) is 19.6 Å². The van der Waals surface area contributed by atoms with E-state index in [0.29, 0.717) is 6.04 Å². The molecular weight excluding hydrogens is 264 g/mol. The monoisotopic (exact) mass is 286 g/mol. The molecule has 1 fully saturated rings. The van der Waals surface area contributed by atoms with Gasteiger partial charge in [0.2, 0.25) is 0 Å². The third-order valence-electron chi connectivity index (χ3n) is 4.18. The maximum atomic E-state index is 12.1. The summed E-state index contributed by atoms with van der Waals surface area (Å²) in [5.74, 6) is 0. The number of pyridine rings is 1. The Morgan fingerprint density at radius 1 is 1.48 bits per heavy atom. The lowest BCUT2D eigenvalue weighted by atomic mass is 10.1. The minimum absolute atomic E-state index is 0.00609. The van der Waals surface area contributed by atoms with Crippen molar-refractivity contribution in [3.63, 3.8) is 0 Å². The predicted octanol–water partition coefficient (Wildman–Crippen LogP) is 1.27. The first kappa shape index (κ1) is 14.2. The Bertz CT molecular complexity index is 661. The van der Waals surface area contributed by atoms with Gasteiger partial charge in [0.15, 0.2) is 0 Å². The molecule has 5 nitrogen and oxygen atoms in total. The van der Waals surface area contributed by atoms with Crippen LogP contribution in [0.3, 0.4) is 0 Å². The van der Waals surface area contributed by atoms with Crippen LogP contribution in [0, 0.1) is 0 Å². The van der Waals surface area contributed by atoms with Crippen LogP contribution in [0.4, 0.5) is 0 Å². The molecule has 1 aliphatic heterocycles. The number of nitrogens with one attached hydrogen (secondary N) is 1. The molecule has 0 saturated carbocycles. The number of hydrogen-bond donors (Lipinski definition) is 1. The largest absolute Gasteiger partial charge is 0.315 e. The molecule has 1 saturated heterocycles. The number of nitrogens with zero attached hydrogens (tertiary/aromatic N) is 3. The van der Waals surface area contributed by atoms with Gasteiger partial charge in [0, 0.05) is 31.4 Å². The van der Waals surface area contributed by atoms with Gasteiger partial charge in [0.25, 0.3) is 5.56 Å². The van der Waals surface area contributed by atoms with Crippen LogP contribution >= 0.6 is 0 Å². The zero-order valence-electron chi connectivity index (χ0n) is 12.5. The summed E-state index contributed by atoms with van der Waals surface area (Å²) in [5.41, 5.74) is 1.57. The van der Waals surface area contributed by atoms with E-state index >= 15 is 0 Å². The lowest BCUT2D eigenvalue weighted by Crippen LogP contribution is -2.45. The summed E-state index contributed by atoms with van der Waals surface area (Å²) in [5, 5.41) is 3.45. The summed E-state index contributed by atoms with van der Waals surface area (Å²) in [6.07, 6.45) is 4.19. The molecule has 0 amide bonds. The van der Waals surface area contributed by atoms with Crippen molar-refractivity contribution in [1.82, 2.24) is 19.6 Å². The van der Waals surface area contributed by atoms with Gasteiger partial charge in [-0.1, -0.05) is 13.0 Å². The van der Waals surface area contributed by atoms with Crippen LogP contribution in [0.25, 0.3) is 5.65 Å². The second-order valence-corrected chi connectivity index (χ2v) is 5.58. The molecule has 1 atom stereocenters. The third-order valence-corrected chi connectivity index (χ3v) is 4.18. The molecule has 0 spiro atoms. The molecule has 0 aliphatic carbocycles. The maximum Gasteiger partial charge on any atom is 0.258 e. The maximum absolute atomic E-state index is 12.1. The quantitative estimate of drug-likeness (QED) is 0.919. The minimum Gasteiger partial charge on any atom is -0.315 e. The second kappa shape index (κ2) is 6.37. The Labute approximate surface area is 124 Å². The van der Waals surface area contributed by atoms with Crippen LogP contribution in [-0.2, 0) is 6.54 Å². The van der Waals surface area contributed by atoms with Crippen molar-refractivity contribution >= 4 is 5.65 Å². The Morgan fingerprint density at radius 2 is 2.38 bits per heavy atom. The summed E-state index contributed by atoms with van der Waals surface area (Å²) >= 11 is 0. The van der Waals surface area contributed by atoms with Gasteiger partial charge in [-0.2, -0.15) is 0 Å². The number of fused-ring (bicyclic) bond motifs is 1. The molecular formula is C16H22N4O. The highest BCUT2D eigenvalue weighted by molar-refractivity contribution is 5.37. The smallest absolute Gasteiger partial charge is 0.258 e. The number of aromatic nitrogens is 2. The van der Waals surface area contributed by atoms with Gasteiger partial charge in [-0.05, 0) is 38.1 Å². The second-order valence-electron chi connectivity index (χ2n) is 5.58. The standard InChI is InChI=1S/C16H22N4O/c1-2-19(14-6-5-8-17-11-14)12-13-10-16(21)20-9-4-3-7-15(20)18-13/h3-4,7,9-10,14,17H,2,5-6,8,11-12H2,1H3. The van der Waals surface area contributed by atoms with E-state index in [1.807, 2.05) is 18.2 Å². The third kappa shape index (κ3) is 3.14. The molecule has 2 aromatic rings. The highest BCUT2D eigenvalue weighted by Crippen LogP contribution is 2.13. The topological polar surface area (TPSA) is 49.6 Å². The summed E-state index contributed by atoms with van der Waals surface area (Å²) in [6.45, 7) is 6.03. The average Bonchev–Trinajstić information content (AvgIpc) is 2.53. The molecule has 0 aromatic carbocycles. The van der Waals surface area contributed by atoms with Crippen LogP contribution in [0.5, 0.6) is 0 Å². The SMILES string of the molecule is CCN(Cc1cc(=O)n2ccccc2n1)C1CCCNC1. The summed E-state index contributed by atoms with van der Waals surface area (Å²) < 4.78 is 1.59. The van der Waals surface area contributed by atoms with Crippen LogP contribution in [0.1, 0.15) is 25.5 Å². The number of rotatable bonds is 4. The van der Waals surface area contributed by atoms with Crippen molar-refractivity contribution in [3.8, 4) is 0 Å². The van der Waals surface area contributed by atoms with Crippen molar-refractivity contribution in [2.45, 2.75) is 32.4 Å². The van der Waals surface area contributed by atoms with E-state index in [2.05, 4.69) is 22.1 Å². The summed E-state index contributed by atoms with van der Waals surface area (Å²) in [7, 11) is 0. The predicted molar refractivity (Wildman–Crippen MR) is 83.4 cm³/mol. The van der Waals surface area contributed by atoms with Gasteiger partial charge in [-0.25, -0.2) is 4.98 Å². The molecule has 21 heavy (non-hydrogen) atoms. The zero-order chi connectivity index (χ0) is 14.7. The highest BCUT2D eigenvalue weighted by Gasteiger charge is 2.20. The van der Waals surface area contributed by atoms with Gasteiger partial charge >= 0.3 is 0 Å². The fourth-order valence-electron chi connectivity index (χ4n) is 3.04. The first-order valence-electron chi connectivity index (χ1n) is 7.70. The van der Waals surface area contributed by atoms with Crippen molar-refractivity contribution < 1.29 is 0 Å². The number of piperidine rings is 1. The van der Waals surface area contributed by atoms with E-state index < -0.39 is 0 Å². The Morgan fingerprint density at radius 3 is 3.14 bits per heavy atom. The van der Waals surface area contributed by atoms with E-state index in [1.165, 1.54) is 12.8 Å². The molecule has 0 radical (unpaired) electrons. The average molecular weight is 286 g/mol. The molecule has 5 heteroatoms. The van der Waals surface area contributed by atoms with E-state index in [-0.39, 0.29) is 5.56 Å². The van der Waals surface area contributed by atoms with Gasteiger partial charge < -0.3 is 5.32 Å². The van der Waals surface area contributed by atoms with Crippen molar-refractivity contribution in [2.24, 2.45) is 0 Å². The van der Waals surface area contributed by atoms with Gasteiger partial charge in [0.1, 0.15) is 5.65 Å². The van der Waals surface area contributed by atoms with Crippen LogP contribution < -0.4 is 10.9 Å². The molecule has 0 bridgehead atoms. The normalized spacial score (nSPS) is 19.2. The van der Waals surface area contributed by atoms with E-state index in [1.54, 1.807) is 16.7 Å². The zero-order valence-corrected chi connectivity index (χ0v) is 12.5. The van der Waals surface area contributed by atoms with Gasteiger partial charge in [-0.15, -0.1) is 0 Å². The Kier molecular flexibility index (Phi) is 4.31. The first-order valence-corrected chi connectivity index (χ1v) is 7.70. The molecule has 1 unspecified atom stereocenters. The van der Waals surface area contributed by atoms with Crippen LogP contribution in [0.2, 0.25) is 0 Å². The van der Waals surface area contributed by atoms with Crippen LogP contribution in [0.15, 0.2) is 35.3 Å². The Hall–Kier alpha value is -1.72. The molecule has 3 heterocycles. The minimum atomic E-state index is -0.00609. The molecule has 1 aliphatic rings. The van der Waals surface area contributed by atoms with Gasteiger partial charge in [-0.3, -0.25) is 14.1 Å². The highest BCUT2D eigenvalue weighted by atomic mass is 16.1. The summed E-state index contributed by atoms with van der Waals surface area (Å²) in [4.78, 5) is 19.2. The van der Waals surface area contributed by atoms with Crippen molar-refractivity contribution in [1.29, 1.82) is 0 Å². The summed E-state index contributed by atoms with van der Waals surface area (Å²) in [6, 6.07) is 7.84.